The van der Waals surface area contributed by atoms with Crippen LogP contribution in [0, 0.1) is 0 Å². The van der Waals surface area contributed by atoms with Crippen LogP contribution in [0.5, 0.6) is 0 Å². The minimum atomic E-state index is -0.206. The fourth-order valence-electron chi connectivity index (χ4n) is 3.09. The molecule has 1 saturated carbocycles. The highest BCUT2D eigenvalue weighted by Crippen LogP contribution is 2.22. The van der Waals surface area contributed by atoms with Gasteiger partial charge in [0.2, 0.25) is 17.7 Å². The maximum absolute atomic E-state index is 12.3. The topological polar surface area (TPSA) is 78.5 Å². The molecule has 6 heteroatoms. The molecule has 0 aliphatic heterocycles. The van der Waals surface area contributed by atoms with E-state index in [-0.39, 0.29) is 30.3 Å². The molecule has 1 aliphatic rings. The third kappa shape index (κ3) is 5.37. The molecule has 130 valence electrons. The van der Waals surface area contributed by atoms with Crippen molar-refractivity contribution in [1.82, 2.24) is 4.90 Å². The number of carbonyl (C=O) groups excluding carboxylic acids is 3. The van der Waals surface area contributed by atoms with Crippen LogP contribution in [0.25, 0.3) is 0 Å². The Labute approximate surface area is 142 Å². The first-order valence-electron chi connectivity index (χ1n) is 8.40. The highest BCUT2D eigenvalue weighted by molar-refractivity contribution is 5.95. The van der Waals surface area contributed by atoms with Crippen LogP contribution in [-0.2, 0) is 14.4 Å². The van der Waals surface area contributed by atoms with Crippen LogP contribution in [0.4, 0.5) is 11.4 Å². The van der Waals surface area contributed by atoms with Crippen molar-refractivity contribution >= 4 is 29.1 Å². The van der Waals surface area contributed by atoms with Gasteiger partial charge in [-0.2, -0.15) is 0 Å². The van der Waals surface area contributed by atoms with Crippen molar-refractivity contribution in [2.45, 2.75) is 52.0 Å². The van der Waals surface area contributed by atoms with Gasteiger partial charge < -0.3 is 15.5 Å². The minimum Gasteiger partial charge on any atom is -0.331 e. The van der Waals surface area contributed by atoms with Gasteiger partial charge in [-0.15, -0.1) is 0 Å². The minimum absolute atomic E-state index is 0.0574. The third-order valence-electron chi connectivity index (χ3n) is 4.22. The Bertz CT molecular complexity index is 592. The molecule has 0 heterocycles. The lowest BCUT2D eigenvalue weighted by atomic mass is 9.94. The first-order chi connectivity index (χ1) is 11.5. The molecule has 0 spiro atoms. The molecule has 1 aromatic carbocycles. The van der Waals surface area contributed by atoms with Gasteiger partial charge in [-0.05, 0) is 37.1 Å². The van der Waals surface area contributed by atoms with Gasteiger partial charge in [0.25, 0.3) is 0 Å². The third-order valence-corrected chi connectivity index (χ3v) is 4.22. The second-order valence-electron chi connectivity index (χ2n) is 6.25. The zero-order valence-corrected chi connectivity index (χ0v) is 14.3. The normalized spacial score (nSPS) is 14.8. The molecule has 0 bridgehead atoms. The number of nitrogens with one attached hydrogen (secondary N) is 2. The monoisotopic (exact) mass is 331 g/mol. The maximum atomic E-state index is 12.3. The van der Waals surface area contributed by atoms with E-state index in [1.54, 1.807) is 29.2 Å². The smallest absolute Gasteiger partial charge is 0.244 e. The summed E-state index contributed by atoms with van der Waals surface area (Å²) in [5, 5.41) is 5.47. The van der Waals surface area contributed by atoms with Crippen LogP contribution in [0.2, 0.25) is 0 Å². The summed E-state index contributed by atoms with van der Waals surface area (Å²) in [6.45, 7) is 3.04. The number of hydrogen-bond acceptors (Lipinski definition) is 3. The molecule has 0 saturated heterocycles. The summed E-state index contributed by atoms with van der Waals surface area (Å²) in [5.41, 5.74) is 1.31. The molecule has 1 fully saturated rings. The fourth-order valence-corrected chi connectivity index (χ4v) is 3.09. The van der Waals surface area contributed by atoms with Gasteiger partial charge in [-0.3, -0.25) is 14.4 Å². The van der Waals surface area contributed by atoms with Crippen molar-refractivity contribution < 1.29 is 14.4 Å². The number of amides is 3. The van der Waals surface area contributed by atoms with Crippen LogP contribution < -0.4 is 10.6 Å². The molecule has 2 N–H and O–H groups in total. The van der Waals surface area contributed by atoms with E-state index in [4.69, 9.17) is 0 Å². The standard InChI is InChI=1S/C18H25N3O3/c1-13(22)19-15-8-10-16(11-9-15)20-18(24)12-21(14(2)23)17-6-4-3-5-7-17/h8-11,17H,3-7,12H2,1-2H3,(H,19,22)(H,20,24). The predicted octanol–water partition coefficient (Wildman–Crippen LogP) is 2.76. The zero-order valence-electron chi connectivity index (χ0n) is 14.3. The molecule has 0 radical (unpaired) electrons. The van der Waals surface area contributed by atoms with E-state index in [0.29, 0.717) is 11.4 Å². The molecule has 2 rings (SSSR count). The van der Waals surface area contributed by atoms with Gasteiger partial charge >= 0.3 is 0 Å². The lowest BCUT2D eigenvalue weighted by molar-refractivity contribution is -0.135. The van der Waals surface area contributed by atoms with E-state index >= 15 is 0 Å². The van der Waals surface area contributed by atoms with Crippen LogP contribution in [0.3, 0.4) is 0 Å². The largest absolute Gasteiger partial charge is 0.331 e. The molecule has 6 nitrogen and oxygen atoms in total. The summed E-state index contributed by atoms with van der Waals surface area (Å²) >= 11 is 0. The lowest BCUT2D eigenvalue weighted by Gasteiger charge is -2.33. The Morgan fingerprint density at radius 3 is 2.00 bits per heavy atom. The highest BCUT2D eigenvalue weighted by atomic mass is 16.2. The van der Waals surface area contributed by atoms with Gasteiger partial charge in [-0.1, -0.05) is 19.3 Å². The van der Waals surface area contributed by atoms with Crippen LogP contribution in [0.15, 0.2) is 24.3 Å². The van der Waals surface area contributed by atoms with E-state index in [1.807, 2.05) is 0 Å². The first kappa shape index (κ1) is 18.0. The van der Waals surface area contributed by atoms with E-state index in [0.717, 1.165) is 25.7 Å². The summed E-state index contributed by atoms with van der Waals surface area (Å²) in [6.07, 6.45) is 5.37. The van der Waals surface area contributed by atoms with Gasteiger partial charge in [0.05, 0.1) is 0 Å². The van der Waals surface area contributed by atoms with Crippen LogP contribution in [0.1, 0.15) is 46.0 Å². The zero-order chi connectivity index (χ0) is 17.5. The number of carbonyl (C=O) groups is 3. The van der Waals surface area contributed by atoms with Crippen LogP contribution in [-0.4, -0.2) is 35.2 Å². The van der Waals surface area contributed by atoms with Crippen molar-refractivity contribution in [2.24, 2.45) is 0 Å². The Kier molecular flexibility index (Phi) is 6.35. The number of hydrogen-bond donors (Lipinski definition) is 2. The molecule has 24 heavy (non-hydrogen) atoms. The van der Waals surface area contributed by atoms with E-state index in [2.05, 4.69) is 10.6 Å². The van der Waals surface area contributed by atoms with Crippen molar-refractivity contribution in [3.8, 4) is 0 Å². The number of rotatable bonds is 5. The molecule has 1 aromatic rings. The average molecular weight is 331 g/mol. The summed E-state index contributed by atoms with van der Waals surface area (Å²) < 4.78 is 0. The quantitative estimate of drug-likeness (QED) is 0.871. The summed E-state index contributed by atoms with van der Waals surface area (Å²) in [6, 6.07) is 7.06. The van der Waals surface area contributed by atoms with Crippen molar-refractivity contribution in [2.75, 3.05) is 17.2 Å². The molecular weight excluding hydrogens is 306 g/mol. The summed E-state index contributed by atoms with van der Waals surface area (Å²) in [4.78, 5) is 36.8. The number of nitrogens with zero attached hydrogens (tertiary/aromatic N) is 1. The fraction of sp³-hybridized carbons (Fsp3) is 0.500. The van der Waals surface area contributed by atoms with E-state index in [1.165, 1.54) is 20.3 Å². The maximum Gasteiger partial charge on any atom is 0.244 e. The molecule has 0 atom stereocenters. The molecule has 1 aliphatic carbocycles. The van der Waals surface area contributed by atoms with Crippen LogP contribution >= 0.6 is 0 Å². The number of anilines is 2. The average Bonchev–Trinajstić information content (AvgIpc) is 2.54. The SMILES string of the molecule is CC(=O)Nc1ccc(NC(=O)CN(C(C)=O)C2CCCCC2)cc1. The first-order valence-corrected chi connectivity index (χ1v) is 8.40. The van der Waals surface area contributed by atoms with E-state index in [9.17, 15) is 14.4 Å². The number of benzene rings is 1. The molecule has 0 unspecified atom stereocenters. The Morgan fingerprint density at radius 1 is 0.958 bits per heavy atom. The van der Waals surface area contributed by atoms with Gasteiger partial charge in [0, 0.05) is 31.3 Å². The predicted molar refractivity (Wildman–Crippen MR) is 93.6 cm³/mol. The second kappa shape index (κ2) is 8.47. The molecular formula is C18H25N3O3. The van der Waals surface area contributed by atoms with Crippen molar-refractivity contribution in [3.63, 3.8) is 0 Å². The molecule has 0 aromatic heterocycles. The second-order valence-corrected chi connectivity index (χ2v) is 6.25. The summed E-state index contributed by atoms with van der Waals surface area (Å²) in [7, 11) is 0. The molecule has 3 amide bonds. The lowest BCUT2D eigenvalue weighted by Crippen LogP contribution is -2.44. The van der Waals surface area contributed by atoms with Gasteiger partial charge in [0.15, 0.2) is 0 Å². The van der Waals surface area contributed by atoms with E-state index < -0.39 is 0 Å². The summed E-state index contributed by atoms with van der Waals surface area (Å²) in [5.74, 6) is -0.405. The van der Waals surface area contributed by atoms with Crippen molar-refractivity contribution in [1.29, 1.82) is 0 Å². The van der Waals surface area contributed by atoms with Gasteiger partial charge in [0.1, 0.15) is 6.54 Å². The highest BCUT2D eigenvalue weighted by Gasteiger charge is 2.25. The Balaban J connectivity index is 1.92. The van der Waals surface area contributed by atoms with Crippen molar-refractivity contribution in [3.05, 3.63) is 24.3 Å². The Morgan fingerprint density at radius 2 is 1.50 bits per heavy atom. The Hall–Kier alpha value is -2.37. The van der Waals surface area contributed by atoms with Gasteiger partial charge in [-0.25, -0.2) is 0 Å².